The van der Waals surface area contributed by atoms with Crippen molar-refractivity contribution in [2.24, 2.45) is 11.8 Å². The quantitative estimate of drug-likeness (QED) is 0.825. The Balaban J connectivity index is 2.85. The minimum absolute atomic E-state index is 0.0750. The Morgan fingerprint density at radius 2 is 1.88 bits per heavy atom. The number of hydrogen-bond donors (Lipinski definition) is 1. The number of nitrogens with zero attached hydrogens (tertiary/aromatic N) is 1. The maximum absolute atomic E-state index is 11.0. The maximum atomic E-state index is 11.0. The second kappa shape index (κ2) is 5.38. The Kier molecular flexibility index (Phi) is 4.59. The van der Waals surface area contributed by atoms with Gasteiger partial charge in [-0.1, -0.05) is 26.7 Å². The number of carbonyl (C=O) groups is 1. The minimum atomic E-state index is -0.717. The van der Waals surface area contributed by atoms with Crippen LogP contribution >= 0.6 is 0 Å². The molecule has 0 aromatic heterocycles. The van der Waals surface area contributed by atoms with Crippen LogP contribution in [0.15, 0.2) is 0 Å². The molecular weight excluding hydrogens is 214 g/mol. The molecule has 0 radical (unpaired) electrons. The minimum Gasteiger partial charge on any atom is -0.480 e. The molecule has 100 valence electrons. The van der Waals surface area contributed by atoms with Gasteiger partial charge >= 0.3 is 5.97 Å². The molecular formula is C14H27NO2. The van der Waals surface area contributed by atoms with Crippen LogP contribution in [0.1, 0.15) is 53.9 Å². The molecule has 1 aliphatic carbocycles. The smallest absolute Gasteiger partial charge is 0.317 e. The van der Waals surface area contributed by atoms with Crippen LogP contribution in [-0.4, -0.2) is 34.1 Å². The van der Waals surface area contributed by atoms with E-state index in [1.54, 1.807) is 0 Å². The summed E-state index contributed by atoms with van der Waals surface area (Å²) in [7, 11) is 0. The van der Waals surface area contributed by atoms with Crippen LogP contribution in [0, 0.1) is 11.8 Å². The first-order valence-electron chi connectivity index (χ1n) is 6.72. The van der Waals surface area contributed by atoms with Gasteiger partial charge in [0.05, 0.1) is 6.54 Å². The second-order valence-corrected chi connectivity index (χ2v) is 6.53. The SMILES string of the molecule is CC1CCCC(N(CC(=O)O)C(C)(C)C)C1C. The van der Waals surface area contributed by atoms with E-state index in [1.165, 1.54) is 12.8 Å². The average Bonchev–Trinajstić information content (AvgIpc) is 2.17. The molecule has 0 spiro atoms. The Morgan fingerprint density at radius 3 is 2.35 bits per heavy atom. The summed E-state index contributed by atoms with van der Waals surface area (Å²) in [5.41, 5.74) is -0.0750. The molecule has 1 aliphatic rings. The average molecular weight is 241 g/mol. The number of hydrogen-bond acceptors (Lipinski definition) is 2. The summed E-state index contributed by atoms with van der Waals surface area (Å²) in [5, 5.41) is 9.09. The van der Waals surface area contributed by atoms with E-state index in [0.29, 0.717) is 17.9 Å². The fourth-order valence-corrected chi connectivity index (χ4v) is 2.99. The molecule has 0 saturated heterocycles. The van der Waals surface area contributed by atoms with E-state index in [9.17, 15) is 4.79 Å². The topological polar surface area (TPSA) is 40.5 Å². The molecule has 3 atom stereocenters. The molecule has 0 aromatic rings. The highest BCUT2D eigenvalue weighted by atomic mass is 16.4. The van der Waals surface area contributed by atoms with E-state index < -0.39 is 5.97 Å². The summed E-state index contributed by atoms with van der Waals surface area (Å²) < 4.78 is 0. The summed E-state index contributed by atoms with van der Waals surface area (Å²) >= 11 is 0. The normalized spacial score (nSPS) is 30.6. The molecule has 3 heteroatoms. The van der Waals surface area contributed by atoms with Crippen LogP contribution in [0.3, 0.4) is 0 Å². The van der Waals surface area contributed by atoms with E-state index in [0.717, 1.165) is 6.42 Å². The summed E-state index contributed by atoms with van der Waals surface area (Å²) in [6.07, 6.45) is 3.64. The Morgan fingerprint density at radius 1 is 1.29 bits per heavy atom. The lowest BCUT2D eigenvalue weighted by Gasteiger charge is -2.47. The van der Waals surface area contributed by atoms with Crippen LogP contribution in [0.5, 0.6) is 0 Å². The molecule has 1 N–H and O–H groups in total. The third-order valence-corrected chi connectivity index (χ3v) is 4.23. The van der Waals surface area contributed by atoms with E-state index in [4.69, 9.17) is 5.11 Å². The van der Waals surface area contributed by atoms with Gasteiger partial charge in [0.25, 0.3) is 0 Å². The molecule has 1 saturated carbocycles. The van der Waals surface area contributed by atoms with Gasteiger partial charge in [-0.2, -0.15) is 0 Å². The van der Waals surface area contributed by atoms with E-state index in [-0.39, 0.29) is 12.1 Å². The summed E-state index contributed by atoms with van der Waals surface area (Å²) in [5.74, 6) is 0.570. The number of rotatable bonds is 3. The highest BCUT2D eigenvalue weighted by Crippen LogP contribution is 2.35. The molecule has 1 rings (SSSR count). The lowest BCUT2D eigenvalue weighted by atomic mass is 9.76. The van der Waals surface area contributed by atoms with E-state index in [2.05, 4.69) is 39.5 Å². The first-order valence-corrected chi connectivity index (χ1v) is 6.72. The molecule has 3 nitrogen and oxygen atoms in total. The van der Waals surface area contributed by atoms with E-state index >= 15 is 0 Å². The highest BCUT2D eigenvalue weighted by Gasteiger charge is 2.37. The van der Waals surface area contributed by atoms with Crippen molar-refractivity contribution in [2.75, 3.05) is 6.54 Å². The van der Waals surface area contributed by atoms with Crippen LogP contribution < -0.4 is 0 Å². The summed E-state index contributed by atoms with van der Waals surface area (Å²) in [6, 6.07) is 0.412. The van der Waals surface area contributed by atoms with Crippen LogP contribution in [0.4, 0.5) is 0 Å². The van der Waals surface area contributed by atoms with Gasteiger partial charge in [0.1, 0.15) is 0 Å². The van der Waals surface area contributed by atoms with Gasteiger partial charge in [-0.05, 0) is 39.0 Å². The Hall–Kier alpha value is -0.570. The zero-order valence-electron chi connectivity index (χ0n) is 11.9. The second-order valence-electron chi connectivity index (χ2n) is 6.53. The van der Waals surface area contributed by atoms with Crippen LogP contribution in [-0.2, 0) is 4.79 Å². The van der Waals surface area contributed by atoms with Gasteiger partial charge < -0.3 is 5.11 Å². The van der Waals surface area contributed by atoms with Crippen molar-refractivity contribution in [3.63, 3.8) is 0 Å². The lowest BCUT2D eigenvalue weighted by Crippen LogP contribution is -2.54. The molecule has 17 heavy (non-hydrogen) atoms. The third-order valence-electron chi connectivity index (χ3n) is 4.23. The predicted molar refractivity (Wildman–Crippen MR) is 70.1 cm³/mol. The van der Waals surface area contributed by atoms with E-state index in [1.807, 2.05) is 0 Å². The Bertz CT molecular complexity index is 270. The standard InChI is InChI=1S/C14H27NO2/c1-10-7-6-8-12(11(10)2)15(9-13(16)17)14(3,4)5/h10-12H,6-9H2,1-5H3,(H,16,17). The summed E-state index contributed by atoms with van der Waals surface area (Å²) in [4.78, 5) is 13.2. The van der Waals surface area contributed by atoms with Gasteiger partial charge in [-0.3, -0.25) is 9.69 Å². The molecule has 0 aliphatic heterocycles. The van der Waals surface area contributed by atoms with Gasteiger partial charge in [-0.25, -0.2) is 0 Å². The third kappa shape index (κ3) is 3.70. The van der Waals surface area contributed by atoms with Crippen LogP contribution in [0.25, 0.3) is 0 Å². The number of carboxylic acid groups (broad SMARTS) is 1. The van der Waals surface area contributed by atoms with Crippen molar-refractivity contribution in [2.45, 2.75) is 65.5 Å². The predicted octanol–water partition coefficient (Wildman–Crippen LogP) is 3.00. The van der Waals surface area contributed by atoms with Gasteiger partial charge in [0, 0.05) is 11.6 Å². The van der Waals surface area contributed by atoms with Crippen molar-refractivity contribution in [3.05, 3.63) is 0 Å². The first-order chi connectivity index (χ1) is 7.73. The van der Waals surface area contributed by atoms with Crippen molar-refractivity contribution in [1.29, 1.82) is 0 Å². The Labute approximate surface area is 105 Å². The van der Waals surface area contributed by atoms with Crippen molar-refractivity contribution >= 4 is 5.97 Å². The lowest BCUT2D eigenvalue weighted by molar-refractivity contribution is -0.141. The molecule has 0 bridgehead atoms. The zero-order chi connectivity index (χ0) is 13.2. The van der Waals surface area contributed by atoms with Crippen LogP contribution in [0.2, 0.25) is 0 Å². The molecule has 0 amide bonds. The van der Waals surface area contributed by atoms with Crippen molar-refractivity contribution < 1.29 is 9.90 Å². The largest absolute Gasteiger partial charge is 0.480 e. The van der Waals surface area contributed by atoms with Gasteiger partial charge in [0.15, 0.2) is 0 Å². The molecule has 0 aromatic carbocycles. The van der Waals surface area contributed by atoms with Gasteiger partial charge in [0.2, 0.25) is 0 Å². The zero-order valence-corrected chi connectivity index (χ0v) is 11.9. The maximum Gasteiger partial charge on any atom is 0.317 e. The van der Waals surface area contributed by atoms with Crippen molar-refractivity contribution in [3.8, 4) is 0 Å². The van der Waals surface area contributed by atoms with Gasteiger partial charge in [-0.15, -0.1) is 0 Å². The monoisotopic (exact) mass is 241 g/mol. The fourth-order valence-electron chi connectivity index (χ4n) is 2.99. The highest BCUT2D eigenvalue weighted by molar-refractivity contribution is 5.69. The number of carboxylic acids is 1. The molecule has 1 fully saturated rings. The first kappa shape index (κ1) is 14.5. The molecule has 3 unspecified atom stereocenters. The number of aliphatic carboxylic acids is 1. The fraction of sp³-hybridized carbons (Fsp3) is 0.929. The van der Waals surface area contributed by atoms with Crippen molar-refractivity contribution in [1.82, 2.24) is 4.90 Å². The summed E-state index contributed by atoms with van der Waals surface area (Å²) in [6.45, 7) is 11.1. The molecule has 0 heterocycles.